The van der Waals surface area contributed by atoms with E-state index in [0.717, 1.165) is 11.4 Å². The third kappa shape index (κ3) is 1.15. The lowest BCUT2D eigenvalue weighted by Gasteiger charge is -1.93. The molecule has 2 aromatic heterocycles. The second kappa shape index (κ2) is 2.95. The number of fused-ring (bicyclic) bond motifs is 1. The van der Waals surface area contributed by atoms with Crippen LogP contribution in [0.25, 0.3) is 22.3 Å². The molecule has 0 saturated carbocycles. The van der Waals surface area contributed by atoms with Crippen LogP contribution in [0.5, 0.6) is 0 Å². The van der Waals surface area contributed by atoms with Gasteiger partial charge in [0.15, 0.2) is 5.82 Å². The van der Waals surface area contributed by atoms with E-state index in [1.54, 1.807) is 6.33 Å². The van der Waals surface area contributed by atoms with Gasteiger partial charge in [0.1, 0.15) is 6.33 Å². The van der Waals surface area contributed by atoms with Gasteiger partial charge in [-0.25, -0.2) is 4.98 Å². The van der Waals surface area contributed by atoms with Crippen LogP contribution in [0, 0.1) is 0 Å². The maximum Gasteiger partial charge on any atom is 0.183 e. The van der Waals surface area contributed by atoms with Crippen molar-refractivity contribution in [2.75, 3.05) is 0 Å². The molecule has 0 saturated heterocycles. The summed E-state index contributed by atoms with van der Waals surface area (Å²) in [5, 5.41) is 8.01. The quantitative estimate of drug-likeness (QED) is 0.649. The molecule has 0 unspecified atom stereocenters. The first kappa shape index (κ1) is 8.23. The number of hydrogen-bond acceptors (Lipinski definition) is 2. The summed E-state index contributed by atoms with van der Waals surface area (Å²) in [6, 6.07) is 8.23. The van der Waals surface area contributed by atoms with Gasteiger partial charge >= 0.3 is 0 Å². The Morgan fingerprint density at radius 2 is 2.13 bits per heavy atom. The fraction of sp³-hybridized carbons (Fsp3) is 0.0909. The standard InChI is InChI=1S/C11H10N4/c1-15-6-9(11-12-7-13-14-11)8-4-2-3-5-10(8)15/h2-7H,1H3,(H,12,13,14). The predicted octanol–water partition coefficient (Wildman–Crippen LogP) is 1.96. The third-order valence-electron chi connectivity index (χ3n) is 2.55. The van der Waals surface area contributed by atoms with Crippen molar-refractivity contribution in [3.8, 4) is 11.4 Å². The van der Waals surface area contributed by atoms with Crippen LogP contribution in [0.3, 0.4) is 0 Å². The number of rotatable bonds is 1. The molecule has 15 heavy (non-hydrogen) atoms. The van der Waals surface area contributed by atoms with Gasteiger partial charge in [0.2, 0.25) is 0 Å². The second-order valence-electron chi connectivity index (χ2n) is 3.49. The van der Waals surface area contributed by atoms with E-state index in [1.807, 2.05) is 25.4 Å². The average Bonchev–Trinajstić information content (AvgIpc) is 2.87. The number of aryl methyl sites for hydroxylation is 1. The molecule has 74 valence electrons. The van der Waals surface area contributed by atoms with Gasteiger partial charge in [-0.05, 0) is 6.07 Å². The number of nitrogens with one attached hydrogen (secondary N) is 1. The van der Waals surface area contributed by atoms with Gasteiger partial charge < -0.3 is 4.57 Å². The Hall–Kier alpha value is -2.10. The van der Waals surface area contributed by atoms with Crippen LogP contribution < -0.4 is 0 Å². The summed E-state index contributed by atoms with van der Waals surface area (Å²) < 4.78 is 2.08. The normalized spacial score (nSPS) is 11.0. The van der Waals surface area contributed by atoms with Crippen molar-refractivity contribution in [2.24, 2.45) is 7.05 Å². The van der Waals surface area contributed by atoms with Gasteiger partial charge in [0.05, 0.1) is 0 Å². The Kier molecular flexibility index (Phi) is 1.62. The molecule has 0 aliphatic rings. The number of hydrogen-bond donors (Lipinski definition) is 1. The Labute approximate surface area is 86.6 Å². The van der Waals surface area contributed by atoms with Crippen LogP contribution in [0.2, 0.25) is 0 Å². The van der Waals surface area contributed by atoms with Crippen LogP contribution in [0.1, 0.15) is 0 Å². The van der Waals surface area contributed by atoms with Crippen molar-refractivity contribution in [3.05, 3.63) is 36.8 Å². The first-order valence-electron chi connectivity index (χ1n) is 4.76. The van der Waals surface area contributed by atoms with Gasteiger partial charge in [-0.1, -0.05) is 18.2 Å². The maximum absolute atomic E-state index is 4.17. The molecule has 0 aliphatic carbocycles. The summed E-state index contributed by atoms with van der Waals surface area (Å²) in [4.78, 5) is 4.17. The molecule has 0 aliphatic heterocycles. The molecule has 0 amide bonds. The summed E-state index contributed by atoms with van der Waals surface area (Å²) in [5.74, 6) is 0.742. The third-order valence-corrected chi connectivity index (χ3v) is 2.55. The fourth-order valence-electron chi connectivity index (χ4n) is 1.86. The Bertz CT molecular complexity index is 592. The molecule has 4 heteroatoms. The predicted molar refractivity (Wildman–Crippen MR) is 58.3 cm³/mol. The van der Waals surface area contributed by atoms with Crippen molar-refractivity contribution in [3.63, 3.8) is 0 Å². The molecule has 0 radical (unpaired) electrons. The van der Waals surface area contributed by atoms with E-state index in [9.17, 15) is 0 Å². The van der Waals surface area contributed by atoms with E-state index in [2.05, 4.69) is 31.9 Å². The van der Waals surface area contributed by atoms with E-state index < -0.39 is 0 Å². The molecule has 3 rings (SSSR count). The Morgan fingerprint density at radius 3 is 2.93 bits per heavy atom. The summed E-state index contributed by atoms with van der Waals surface area (Å²) in [5.41, 5.74) is 2.26. The minimum atomic E-state index is 0.742. The van der Waals surface area contributed by atoms with Crippen LogP contribution in [-0.4, -0.2) is 19.7 Å². The van der Waals surface area contributed by atoms with Crippen molar-refractivity contribution in [1.82, 2.24) is 19.7 Å². The van der Waals surface area contributed by atoms with Gasteiger partial charge in [0, 0.05) is 29.7 Å². The highest BCUT2D eigenvalue weighted by atomic mass is 15.2. The maximum atomic E-state index is 4.17. The van der Waals surface area contributed by atoms with Crippen molar-refractivity contribution in [1.29, 1.82) is 0 Å². The SMILES string of the molecule is Cn1cc(-c2nc[nH]n2)c2ccccc21. The van der Waals surface area contributed by atoms with Crippen molar-refractivity contribution >= 4 is 10.9 Å². The highest BCUT2D eigenvalue weighted by Crippen LogP contribution is 2.26. The van der Waals surface area contributed by atoms with Crippen molar-refractivity contribution < 1.29 is 0 Å². The summed E-state index contributed by atoms with van der Waals surface area (Å²) >= 11 is 0. The molecular formula is C11H10N4. The van der Waals surface area contributed by atoms with E-state index >= 15 is 0 Å². The van der Waals surface area contributed by atoms with Crippen LogP contribution in [0.4, 0.5) is 0 Å². The molecule has 0 bridgehead atoms. The monoisotopic (exact) mass is 198 g/mol. The lowest BCUT2D eigenvalue weighted by molar-refractivity contribution is 0.968. The van der Waals surface area contributed by atoms with Gasteiger partial charge in [-0.15, -0.1) is 0 Å². The van der Waals surface area contributed by atoms with Gasteiger partial charge in [-0.3, -0.25) is 5.10 Å². The lowest BCUT2D eigenvalue weighted by Crippen LogP contribution is -1.82. The topological polar surface area (TPSA) is 46.5 Å². The highest BCUT2D eigenvalue weighted by molar-refractivity contribution is 5.94. The molecular weight excluding hydrogens is 188 g/mol. The smallest absolute Gasteiger partial charge is 0.183 e. The molecule has 4 nitrogen and oxygen atoms in total. The molecule has 0 atom stereocenters. The molecule has 0 spiro atoms. The lowest BCUT2D eigenvalue weighted by atomic mass is 10.2. The number of para-hydroxylation sites is 1. The molecule has 1 N–H and O–H groups in total. The first-order valence-corrected chi connectivity index (χ1v) is 4.76. The number of nitrogens with zero attached hydrogens (tertiary/aromatic N) is 3. The zero-order chi connectivity index (χ0) is 10.3. The van der Waals surface area contributed by atoms with E-state index in [-0.39, 0.29) is 0 Å². The second-order valence-corrected chi connectivity index (χ2v) is 3.49. The fourth-order valence-corrected chi connectivity index (χ4v) is 1.86. The number of benzene rings is 1. The van der Waals surface area contributed by atoms with Crippen molar-refractivity contribution in [2.45, 2.75) is 0 Å². The summed E-state index contributed by atoms with van der Waals surface area (Å²) in [6.07, 6.45) is 3.64. The number of aromatic nitrogens is 4. The first-order chi connectivity index (χ1) is 7.36. The summed E-state index contributed by atoms with van der Waals surface area (Å²) in [6.45, 7) is 0. The largest absolute Gasteiger partial charge is 0.350 e. The van der Waals surface area contributed by atoms with E-state index in [1.165, 1.54) is 10.9 Å². The van der Waals surface area contributed by atoms with Crippen LogP contribution in [-0.2, 0) is 7.05 Å². The minimum absolute atomic E-state index is 0.742. The average molecular weight is 198 g/mol. The van der Waals surface area contributed by atoms with Gasteiger partial charge in [-0.2, -0.15) is 5.10 Å². The zero-order valence-electron chi connectivity index (χ0n) is 8.31. The van der Waals surface area contributed by atoms with Gasteiger partial charge in [0.25, 0.3) is 0 Å². The van der Waals surface area contributed by atoms with Crippen LogP contribution >= 0.6 is 0 Å². The molecule has 1 aromatic carbocycles. The molecule has 0 fully saturated rings. The minimum Gasteiger partial charge on any atom is -0.350 e. The Morgan fingerprint density at radius 1 is 1.27 bits per heavy atom. The zero-order valence-corrected chi connectivity index (χ0v) is 8.31. The molecule has 3 aromatic rings. The Balaban J connectivity index is 2.37. The number of H-pyrrole nitrogens is 1. The number of aromatic amines is 1. The summed E-state index contributed by atoms with van der Waals surface area (Å²) in [7, 11) is 2.03. The highest BCUT2D eigenvalue weighted by Gasteiger charge is 2.09. The van der Waals surface area contributed by atoms with E-state index in [0.29, 0.717) is 0 Å². The van der Waals surface area contributed by atoms with Crippen LogP contribution in [0.15, 0.2) is 36.8 Å². The molecule has 2 heterocycles. The van der Waals surface area contributed by atoms with E-state index in [4.69, 9.17) is 0 Å².